The first kappa shape index (κ1) is 18.9. The number of hydrogen-bond donors (Lipinski definition) is 2. The Balaban J connectivity index is 1.52. The molecule has 1 amide bonds. The van der Waals surface area contributed by atoms with Gasteiger partial charge in [-0.05, 0) is 69.1 Å². The number of carbonyl (C=O) groups excluding carboxylic acids is 1. The van der Waals surface area contributed by atoms with E-state index in [9.17, 15) is 22.9 Å². The minimum atomic E-state index is -4.13. The summed E-state index contributed by atoms with van der Waals surface area (Å²) in [6.45, 7) is 2.63. The topological polar surface area (TPSA) is 94.9 Å². The molecule has 7 heteroatoms. The maximum absolute atomic E-state index is 13.1. The first-order valence-corrected chi connectivity index (χ1v) is 11.2. The summed E-state index contributed by atoms with van der Waals surface area (Å²) in [6.07, 6.45) is 5.14. The van der Waals surface area contributed by atoms with E-state index in [1.807, 2.05) is 6.92 Å². The van der Waals surface area contributed by atoms with Crippen LogP contribution in [0.2, 0.25) is 0 Å². The Bertz CT molecular complexity index is 849. The summed E-state index contributed by atoms with van der Waals surface area (Å²) in [7, 11) is -4.13. The molecule has 1 aromatic rings. The zero-order valence-electron chi connectivity index (χ0n) is 15.6. The molecule has 148 valence electrons. The van der Waals surface area contributed by atoms with Gasteiger partial charge >= 0.3 is 0 Å². The summed E-state index contributed by atoms with van der Waals surface area (Å²) in [5.74, 6) is 0.115. The van der Waals surface area contributed by atoms with Crippen molar-refractivity contribution in [3.63, 3.8) is 0 Å². The SMILES string of the molecule is CCC1(O)CCC2(CCN(c3ccc(C4(S(=O)(=O)O)CC4)cc3)C2=O)CC1. The summed E-state index contributed by atoms with van der Waals surface area (Å²) >= 11 is 0. The zero-order chi connectivity index (χ0) is 19.5. The van der Waals surface area contributed by atoms with Gasteiger partial charge in [0, 0.05) is 12.2 Å². The molecule has 1 saturated heterocycles. The second-order valence-electron chi connectivity index (χ2n) is 8.58. The summed E-state index contributed by atoms with van der Waals surface area (Å²) < 4.78 is 31.7. The monoisotopic (exact) mass is 393 g/mol. The van der Waals surface area contributed by atoms with Crippen molar-refractivity contribution in [1.29, 1.82) is 0 Å². The van der Waals surface area contributed by atoms with Crippen molar-refractivity contribution < 1.29 is 22.9 Å². The fourth-order valence-corrected chi connectivity index (χ4v) is 5.88. The molecule has 3 fully saturated rings. The quantitative estimate of drug-likeness (QED) is 0.767. The van der Waals surface area contributed by atoms with E-state index in [-0.39, 0.29) is 11.3 Å². The van der Waals surface area contributed by atoms with E-state index >= 15 is 0 Å². The maximum Gasteiger partial charge on any atom is 0.274 e. The molecule has 0 bridgehead atoms. The second kappa shape index (κ2) is 6.03. The van der Waals surface area contributed by atoms with Gasteiger partial charge in [-0.3, -0.25) is 9.35 Å². The standard InChI is InChI=1S/C20H27NO5S/c1-2-19(23)9-7-18(8-10-19)13-14-21(17(18)22)16-5-3-15(4-6-16)20(11-12-20)27(24,25)26/h3-6,23H,2,7-14H2,1H3,(H,24,25,26). The minimum Gasteiger partial charge on any atom is -0.390 e. The first-order valence-electron chi connectivity index (χ1n) is 9.77. The number of amides is 1. The fourth-order valence-electron chi connectivity index (χ4n) is 4.83. The summed E-state index contributed by atoms with van der Waals surface area (Å²) in [4.78, 5) is 14.9. The van der Waals surface area contributed by atoms with Gasteiger partial charge < -0.3 is 10.0 Å². The van der Waals surface area contributed by atoms with Crippen LogP contribution in [0.25, 0.3) is 0 Å². The number of carbonyl (C=O) groups is 1. The lowest BCUT2D eigenvalue weighted by Crippen LogP contribution is -2.43. The van der Waals surface area contributed by atoms with Crippen LogP contribution in [0, 0.1) is 5.41 Å². The Kier molecular flexibility index (Phi) is 4.22. The third-order valence-corrected chi connectivity index (χ3v) is 8.84. The van der Waals surface area contributed by atoms with Gasteiger partial charge in [0.15, 0.2) is 0 Å². The largest absolute Gasteiger partial charge is 0.390 e. The molecule has 0 radical (unpaired) electrons. The van der Waals surface area contributed by atoms with E-state index in [4.69, 9.17) is 0 Å². The van der Waals surface area contributed by atoms with Gasteiger partial charge in [0.25, 0.3) is 10.1 Å². The van der Waals surface area contributed by atoms with Crippen molar-refractivity contribution in [1.82, 2.24) is 0 Å². The number of rotatable bonds is 4. The average Bonchev–Trinajstić information content (AvgIpc) is 3.41. The van der Waals surface area contributed by atoms with Gasteiger partial charge in [0.2, 0.25) is 5.91 Å². The first-order chi connectivity index (χ1) is 12.6. The zero-order valence-corrected chi connectivity index (χ0v) is 16.5. The van der Waals surface area contributed by atoms with Gasteiger partial charge in [0.1, 0.15) is 4.75 Å². The van der Waals surface area contributed by atoms with E-state index in [1.54, 1.807) is 29.2 Å². The van der Waals surface area contributed by atoms with Gasteiger partial charge in [-0.2, -0.15) is 8.42 Å². The Labute approximate surface area is 160 Å². The number of benzene rings is 1. The van der Waals surface area contributed by atoms with Crippen LogP contribution < -0.4 is 4.90 Å². The highest BCUT2D eigenvalue weighted by molar-refractivity contribution is 7.87. The second-order valence-corrected chi connectivity index (χ2v) is 10.3. The lowest BCUT2D eigenvalue weighted by Gasteiger charge is -2.40. The molecule has 2 saturated carbocycles. The molecule has 3 aliphatic rings. The normalized spacial score (nSPS) is 32.9. The molecule has 1 aromatic carbocycles. The third kappa shape index (κ3) is 2.91. The van der Waals surface area contributed by atoms with Crippen LogP contribution >= 0.6 is 0 Å². The van der Waals surface area contributed by atoms with E-state index in [1.165, 1.54) is 0 Å². The third-order valence-electron chi connectivity index (χ3n) is 7.21. The Morgan fingerprint density at radius 1 is 1.00 bits per heavy atom. The molecule has 4 rings (SSSR count). The van der Waals surface area contributed by atoms with Gasteiger partial charge in [-0.15, -0.1) is 0 Å². The van der Waals surface area contributed by atoms with Crippen LogP contribution in [0.1, 0.15) is 63.9 Å². The Hall–Kier alpha value is -1.44. The van der Waals surface area contributed by atoms with Crippen LogP contribution in [-0.4, -0.2) is 36.1 Å². The molecular formula is C20H27NO5S. The molecule has 6 nitrogen and oxygen atoms in total. The predicted octanol–water partition coefficient (Wildman–Crippen LogP) is 3.00. The lowest BCUT2D eigenvalue weighted by atomic mass is 9.67. The van der Waals surface area contributed by atoms with Crippen LogP contribution in [0.3, 0.4) is 0 Å². The maximum atomic E-state index is 13.1. The van der Waals surface area contributed by atoms with Crippen molar-refractivity contribution in [2.75, 3.05) is 11.4 Å². The molecule has 0 aromatic heterocycles. The van der Waals surface area contributed by atoms with Crippen LogP contribution in [0.5, 0.6) is 0 Å². The number of nitrogens with zero attached hydrogens (tertiary/aromatic N) is 1. The molecular weight excluding hydrogens is 366 g/mol. The Morgan fingerprint density at radius 2 is 1.59 bits per heavy atom. The van der Waals surface area contributed by atoms with Crippen LogP contribution in [0.15, 0.2) is 24.3 Å². The summed E-state index contributed by atoms with van der Waals surface area (Å²) in [5, 5.41) is 10.5. The Morgan fingerprint density at radius 3 is 2.07 bits per heavy atom. The molecule has 1 aliphatic heterocycles. The minimum absolute atomic E-state index is 0.115. The van der Waals surface area contributed by atoms with Crippen molar-refractivity contribution in [3.8, 4) is 0 Å². The number of hydrogen-bond acceptors (Lipinski definition) is 4. The van der Waals surface area contributed by atoms with E-state index in [2.05, 4.69) is 0 Å². The van der Waals surface area contributed by atoms with Crippen molar-refractivity contribution in [2.24, 2.45) is 5.41 Å². The lowest BCUT2D eigenvalue weighted by molar-refractivity contribution is -0.130. The van der Waals surface area contributed by atoms with E-state index in [0.29, 0.717) is 37.8 Å². The molecule has 27 heavy (non-hydrogen) atoms. The van der Waals surface area contributed by atoms with E-state index < -0.39 is 20.5 Å². The van der Waals surface area contributed by atoms with Gasteiger partial charge in [-0.25, -0.2) is 0 Å². The van der Waals surface area contributed by atoms with Crippen molar-refractivity contribution >= 4 is 21.7 Å². The molecule has 2 aliphatic carbocycles. The highest BCUT2D eigenvalue weighted by Gasteiger charge is 2.56. The van der Waals surface area contributed by atoms with Crippen molar-refractivity contribution in [2.45, 2.75) is 68.6 Å². The number of anilines is 1. The highest BCUT2D eigenvalue weighted by atomic mass is 32.2. The highest BCUT2D eigenvalue weighted by Crippen LogP contribution is 2.53. The molecule has 1 heterocycles. The average molecular weight is 394 g/mol. The van der Waals surface area contributed by atoms with Crippen LogP contribution in [-0.2, 0) is 19.7 Å². The molecule has 0 unspecified atom stereocenters. The van der Waals surface area contributed by atoms with Crippen LogP contribution in [0.4, 0.5) is 5.69 Å². The van der Waals surface area contributed by atoms with Gasteiger partial charge in [0.05, 0.1) is 11.0 Å². The predicted molar refractivity (Wildman–Crippen MR) is 102 cm³/mol. The molecule has 2 N–H and O–H groups in total. The molecule has 0 atom stereocenters. The smallest absolute Gasteiger partial charge is 0.274 e. The fraction of sp³-hybridized carbons (Fsp3) is 0.650. The van der Waals surface area contributed by atoms with Gasteiger partial charge in [-0.1, -0.05) is 19.1 Å². The van der Waals surface area contributed by atoms with E-state index in [0.717, 1.165) is 31.4 Å². The summed E-state index contributed by atoms with van der Waals surface area (Å²) in [5.41, 5.74) is 0.352. The molecule has 1 spiro atoms. The summed E-state index contributed by atoms with van der Waals surface area (Å²) in [6, 6.07) is 6.99. The number of aliphatic hydroxyl groups is 1. The van der Waals surface area contributed by atoms with Crippen molar-refractivity contribution in [3.05, 3.63) is 29.8 Å².